The summed E-state index contributed by atoms with van der Waals surface area (Å²) in [6, 6.07) is 9.48. The SMILES string of the molecule is O=C(OCc1ccccc1)N1C[C@@H](CO)[C@H](CO)C1. The molecule has 1 amide bonds. The van der Waals surface area contributed by atoms with Crippen LogP contribution in [0.4, 0.5) is 4.79 Å². The lowest BCUT2D eigenvalue weighted by Crippen LogP contribution is -2.30. The molecular weight excluding hydrogens is 246 g/mol. The predicted octanol–water partition coefficient (Wildman–Crippen LogP) is 0.856. The van der Waals surface area contributed by atoms with Gasteiger partial charge in [0.25, 0.3) is 0 Å². The Hall–Kier alpha value is -1.59. The second-order valence-corrected chi connectivity index (χ2v) is 4.83. The second-order valence-electron chi connectivity index (χ2n) is 4.83. The van der Waals surface area contributed by atoms with Crippen molar-refractivity contribution in [2.24, 2.45) is 11.8 Å². The smallest absolute Gasteiger partial charge is 0.410 e. The van der Waals surface area contributed by atoms with Crippen molar-refractivity contribution in [3.8, 4) is 0 Å². The highest BCUT2D eigenvalue weighted by molar-refractivity contribution is 5.68. The van der Waals surface area contributed by atoms with Crippen LogP contribution >= 0.6 is 0 Å². The van der Waals surface area contributed by atoms with Crippen molar-refractivity contribution in [1.82, 2.24) is 4.90 Å². The standard InChI is InChI=1S/C14H19NO4/c16-8-12-6-15(7-13(12)9-17)14(18)19-10-11-4-2-1-3-5-11/h1-5,12-13,16-17H,6-10H2/t12-,13-/m0/s1. The molecule has 0 radical (unpaired) electrons. The average molecular weight is 265 g/mol. The number of aliphatic hydroxyl groups excluding tert-OH is 2. The van der Waals surface area contributed by atoms with Gasteiger partial charge >= 0.3 is 6.09 Å². The summed E-state index contributed by atoms with van der Waals surface area (Å²) in [4.78, 5) is 13.4. The highest BCUT2D eigenvalue weighted by Gasteiger charge is 2.35. The molecule has 1 saturated heterocycles. The monoisotopic (exact) mass is 265 g/mol. The Labute approximate surface area is 112 Å². The first-order valence-corrected chi connectivity index (χ1v) is 6.42. The maximum Gasteiger partial charge on any atom is 0.410 e. The minimum Gasteiger partial charge on any atom is -0.445 e. The number of carbonyl (C=O) groups is 1. The quantitative estimate of drug-likeness (QED) is 0.847. The zero-order valence-electron chi connectivity index (χ0n) is 10.7. The van der Waals surface area contributed by atoms with E-state index in [0.29, 0.717) is 13.1 Å². The molecule has 2 atom stereocenters. The molecule has 1 fully saturated rings. The second kappa shape index (κ2) is 6.54. The fraction of sp³-hybridized carbons (Fsp3) is 0.500. The van der Waals surface area contributed by atoms with Gasteiger partial charge in [0.15, 0.2) is 0 Å². The van der Waals surface area contributed by atoms with Gasteiger partial charge in [-0.05, 0) is 5.56 Å². The molecule has 19 heavy (non-hydrogen) atoms. The number of ether oxygens (including phenoxy) is 1. The fourth-order valence-corrected chi connectivity index (χ4v) is 2.31. The van der Waals surface area contributed by atoms with Crippen LogP contribution in [0, 0.1) is 11.8 Å². The number of hydrogen-bond donors (Lipinski definition) is 2. The molecule has 0 aliphatic carbocycles. The summed E-state index contributed by atoms with van der Waals surface area (Å²) < 4.78 is 5.22. The van der Waals surface area contributed by atoms with Crippen molar-refractivity contribution in [3.63, 3.8) is 0 Å². The van der Waals surface area contributed by atoms with E-state index in [0.717, 1.165) is 5.56 Å². The zero-order valence-corrected chi connectivity index (χ0v) is 10.7. The molecule has 0 bridgehead atoms. The van der Waals surface area contributed by atoms with Crippen molar-refractivity contribution in [3.05, 3.63) is 35.9 Å². The molecule has 5 heteroatoms. The van der Waals surface area contributed by atoms with Gasteiger partial charge in [0.1, 0.15) is 6.61 Å². The summed E-state index contributed by atoms with van der Waals surface area (Å²) in [6.45, 7) is 1.08. The molecule has 0 saturated carbocycles. The number of likely N-dealkylation sites (tertiary alicyclic amines) is 1. The molecule has 1 aliphatic rings. The summed E-state index contributed by atoms with van der Waals surface area (Å²) in [5, 5.41) is 18.4. The maximum absolute atomic E-state index is 11.9. The fourth-order valence-electron chi connectivity index (χ4n) is 2.31. The summed E-state index contributed by atoms with van der Waals surface area (Å²) in [5.41, 5.74) is 0.937. The predicted molar refractivity (Wildman–Crippen MR) is 69.4 cm³/mol. The Morgan fingerprint density at radius 2 is 1.74 bits per heavy atom. The van der Waals surface area contributed by atoms with E-state index < -0.39 is 6.09 Å². The van der Waals surface area contributed by atoms with Gasteiger partial charge in [0.05, 0.1) is 0 Å². The number of nitrogens with zero attached hydrogens (tertiary/aromatic N) is 1. The van der Waals surface area contributed by atoms with Gasteiger partial charge in [0.2, 0.25) is 0 Å². The minimum atomic E-state index is -0.391. The largest absolute Gasteiger partial charge is 0.445 e. The Morgan fingerprint density at radius 3 is 2.26 bits per heavy atom. The summed E-state index contributed by atoms with van der Waals surface area (Å²) >= 11 is 0. The summed E-state index contributed by atoms with van der Waals surface area (Å²) in [7, 11) is 0. The van der Waals surface area contributed by atoms with Gasteiger partial charge in [-0.25, -0.2) is 4.79 Å². The Bertz CT molecular complexity index is 397. The first kappa shape index (κ1) is 13.8. The van der Waals surface area contributed by atoms with E-state index in [2.05, 4.69) is 0 Å². The van der Waals surface area contributed by atoms with Gasteiger partial charge in [-0.3, -0.25) is 0 Å². The van der Waals surface area contributed by atoms with E-state index in [-0.39, 0.29) is 31.7 Å². The highest BCUT2D eigenvalue weighted by atomic mass is 16.6. The summed E-state index contributed by atoms with van der Waals surface area (Å²) in [5.74, 6) is -0.122. The maximum atomic E-state index is 11.9. The lowest BCUT2D eigenvalue weighted by molar-refractivity contribution is 0.101. The third-order valence-electron chi connectivity index (χ3n) is 3.51. The van der Waals surface area contributed by atoms with E-state index in [1.807, 2.05) is 30.3 Å². The van der Waals surface area contributed by atoms with Crippen LogP contribution in [-0.4, -0.2) is 47.5 Å². The first-order valence-electron chi connectivity index (χ1n) is 6.42. The van der Waals surface area contributed by atoms with Crippen molar-refractivity contribution in [1.29, 1.82) is 0 Å². The van der Waals surface area contributed by atoms with E-state index in [1.54, 1.807) is 4.90 Å². The third kappa shape index (κ3) is 3.45. The van der Waals surface area contributed by atoms with Gasteiger partial charge in [-0.2, -0.15) is 0 Å². The van der Waals surface area contributed by atoms with Gasteiger partial charge in [-0.1, -0.05) is 30.3 Å². The number of hydrogen-bond acceptors (Lipinski definition) is 4. The molecule has 104 valence electrons. The molecule has 1 heterocycles. The van der Waals surface area contributed by atoms with Crippen LogP contribution in [0.5, 0.6) is 0 Å². The topological polar surface area (TPSA) is 70.0 Å². The van der Waals surface area contributed by atoms with Crippen LogP contribution in [0.1, 0.15) is 5.56 Å². The van der Waals surface area contributed by atoms with Gasteiger partial charge in [-0.15, -0.1) is 0 Å². The van der Waals surface area contributed by atoms with Gasteiger partial charge < -0.3 is 19.8 Å². The number of benzene rings is 1. The van der Waals surface area contributed by atoms with Crippen molar-refractivity contribution >= 4 is 6.09 Å². The molecule has 1 aromatic carbocycles. The Balaban J connectivity index is 1.84. The molecule has 2 N–H and O–H groups in total. The minimum absolute atomic E-state index is 0.0201. The molecule has 0 aromatic heterocycles. The number of amides is 1. The Morgan fingerprint density at radius 1 is 1.16 bits per heavy atom. The van der Waals surface area contributed by atoms with Gasteiger partial charge in [0, 0.05) is 38.1 Å². The highest BCUT2D eigenvalue weighted by Crippen LogP contribution is 2.23. The first-order chi connectivity index (χ1) is 9.24. The van der Waals surface area contributed by atoms with Crippen LogP contribution in [0.15, 0.2) is 30.3 Å². The number of rotatable bonds is 4. The van der Waals surface area contributed by atoms with E-state index >= 15 is 0 Å². The zero-order chi connectivity index (χ0) is 13.7. The Kier molecular flexibility index (Phi) is 4.76. The normalized spacial score (nSPS) is 22.5. The molecule has 1 aromatic rings. The van der Waals surface area contributed by atoms with Crippen LogP contribution in [0.2, 0.25) is 0 Å². The molecule has 1 aliphatic heterocycles. The van der Waals surface area contributed by atoms with E-state index in [1.165, 1.54) is 0 Å². The third-order valence-corrected chi connectivity index (χ3v) is 3.51. The van der Waals surface area contributed by atoms with Crippen molar-refractivity contribution < 1.29 is 19.7 Å². The van der Waals surface area contributed by atoms with Crippen molar-refractivity contribution in [2.75, 3.05) is 26.3 Å². The van der Waals surface area contributed by atoms with Crippen LogP contribution in [-0.2, 0) is 11.3 Å². The van der Waals surface area contributed by atoms with E-state index in [4.69, 9.17) is 4.74 Å². The molecule has 2 rings (SSSR count). The lowest BCUT2D eigenvalue weighted by Gasteiger charge is -2.16. The molecule has 0 spiro atoms. The van der Waals surface area contributed by atoms with Crippen LogP contribution in [0.3, 0.4) is 0 Å². The number of aliphatic hydroxyl groups is 2. The van der Waals surface area contributed by atoms with Crippen LogP contribution in [0.25, 0.3) is 0 Å². The van der Waals surface area contributed by atoms with Crippen molar-refractivity contribution in [2.45, 2.75) is 6.61 Å². The summed E-state index contributed by atoms with van der Waals surface area (Å²) in [6.07, 6.45) is -0.391. The molecule has 0 unspecified atom stereocenters. The number of carbonyl (C=O) groups excluding carboxylic acids is 1. The van der Waals surface area contributed by atoms with E-state index in [9.17, 15) is 15.0 Å². The lowest BCUT2D eigenvalue weighted by atomic mass is 9.98. The van der Waals surface area contributed by atoms with Crippen LogP contribution < -0.4 is 0 Å². The molecular formula is C14H19NO4. The average Bonchev–Trinajstić information content (AvgIpc) is 2.89. The molecule has 5 nitrogen and oxygen atoms in total.